The van der Waals surface area contributed by atoms with E-state index in [2.05, 4.69) is 29.8 Å². The molecule has 0 radical (unpaired) electrons. The maximum absolute atomic E-state index is 14.1. The van der Waals surface area contributed by atoms with E-state index in [1.54, 1.807) is 13.0 Å². The summed E-state index contributed by atoms with van der Waals surface area (Å²) in [5.74, 6) is -2.27. The van der Waals surface area contributed by atoms with Gasteiger partial charge in [-0.3, -0.25) is 10.1 Å². The van der Waals surface area contributed by atoms with E-state index in [4.69, 9.17) is 19.9 Å². The summed E-state index contributed by atoms with van der Waals surface area (Å²) in [7, 11) is 0. The molecule has 6 rings (SSSR count). The molecule has 0 aromatic carbocycles. The summed E-state index contributed by atoms with van der Waals surface area (Å²) in [6.45, 7) is 9.95. The van der Waals surface area contributed by atoms with Crippen molar-refractivity contribution in [1.82, 2.24) is 10.6 Å². The number of quaternary nitrogens is 1. The van der Waals surface area contributed by atoms with Gasteiger partial charge in [0, 0.05) is 42.8 Å². The summed E-state index contributed by atoms with van der Waals surface area (Å²) in [5.41, 5.74) is 6.19. The molecular formula is C42H73N4O9+. The highest BCUT2D eigenvalue weighted by Crippen LogP contribution is 2.56. The molecule has 0 amide bonds. The lowest BCUT2D eigenvalue weighted by Gasteiger charge is -2.61. The Balaban J connectivity index is 1.41. The Morgan fingerprint density at radius 3 is 2.58 bits per heavy atom. The molecule has 2 aliphatic carbocycles. The molecule has 6 aliphatic rings. The first-order chi connectivity index (χ1) is 26.4. The molecule has 13 unspecified atom stereocenters. The minimum absolute atomic E-state index is 0.00445. The SMILES string of the molecule is CC=C(C)C(=O)O[C@@H]1CC2C(O)C3C(=O)CC(CO)OC3C([C@@H](C3CCNC(N)C3)[C@H](CO)C3CCCC(O)C3)C2O[C@]1(C)CCC1CCC(NCC)[NH2+]C1. The van der Waals surface area contributed by atoms with Crippen LogP contribution in [0, 0.1) is 47.3 Å². The Kier molecular flexibility index (Phi) is 14.9. The Bertz CT molecular complexity index is 1310. The smallest absolute Gasteiger partial charge is 0.333 e. The lowest BCUT2D eigenvalue weighted by Crippen LogP contribution is -2.95. The maximum atomic E-state index is 14.1. The summed E-state index contributed by atoms with van der Waals surface area (Å²) in [6.07, 6.45) is 6.21. The number of esters is 1. The number of ether oxygens (including phenoxy) is 3. The molecule has 4 heterocycles. The molecule has 0 bridgehead atoms. The molecule has 0 aromatic heterocycles. The molecule has 10 N–H and O–H groups in total. The van der Waals surface area contributed by atoms with Crippen LogP contribution < -0.4 is 21.7 Å². The van der Waals surface area contributed by atoms with Crippen molar-refractivity contribution in [3.63, 3.8) is 0 Å². The van der Waals surface area contributed by atoms with Gasteiger partial charge in [0.1, 0.15) is 23.7 Å². The van der Waals surface area contributed by atoms with Crippen LogP contribution in [-0.2, 0) is 23.8 Å². The van der Waals surface area contributed by atoms with Gasteiger partial charge >= 0.3 is 5.97 Å². The van der Waals surface area contributed by atoms with E-state index in [0.29, 0.717) is 49.9 Å². The number of ketones is 1. The van der Waals surface area contributed by atoms with Crippen molar-refractivity contribution < 1.29 is 49.5 Å². The van der Waals surface area contributed by atoms with Gasteiger partial charge in [-0.25, -0.2) is 4.79 Å². The number of hydrogen-bond donors (Lipinski definition) is 8. The van der Waals surface area contributed by atoms with Gasteiger partial charge in [0.25, 0.3) is 0 Å². The van der Waals surface area contributed by atoms with Gasteiger partial charge in [0.15, 0.2) is 0 Å². The number of fused-ring (bicyclic) bond motifs is 2. The van der Waals surface area contributed by atoms with Crippen LogP contribution >= 0.6 is 0 Å². The molecule has 0 spiro atoms. The number of carbonyl (C=O) groups is 2. The van der Waals surface area contributed by atoms with Crippen LogP contribution in [0.4, 0.5) is 0 Å². The Labute approximate surface area is 328 Å². The Morgan fingerprint density at radius 2 is 1.93 bits per heavy atom. The molecule has 4 aliphatic heterocycles. The van der Waals surface area contributed by atoms with Crippen molar-refractivity contribution in [3.05, 3.63) is 11.6 Å². The third-order valence-electron chi connectivity index (χ3n) is 14.9. The zero-order valence-electron chi connectivity index (χ0n) is 33.8. The van der Waals surface area contributed by atoms with Crippen LogP contribution in [0.1, 0.15) is 105 Å². The number of Topliss-reactive ketones (excluding diaryl/α,β-unsaturated/α-hetero) is 1. The number of aliphatic hydroxyl groups is 4. The topological polar surface area (TPSA) is 209 Å². The van der Waals surface area contributed by atoms with E-state index in [-0.39, 0.29) is 55.3 Å². The molecule has 0 aromatic rings. The standard InChI is InChI=1S/C42H72N4O9/c1-5-23(3)41(52)54-32-19-29-38(51)36-31(50)18-28(21-47)53-40(36)37(39(29)55-42(32,4)14-12-24-10-11-34(44-6-2)46-20-24)35(26-13-15-45-33(43)17-26)30(22-48)25-8-7-9-27(49)16-25/h5,24-30,32-40,44-49,51H,6-22,43H2,1-4H3/p+1/t24?,25?,26?,27?,28?,29?,30-,32-,33?,34?,35+,36?,37?,38?,39?,40?,42-/m1/s1. The number of carbonyl (C=O) groups excluding carboxylic acids is 2. The zero-order chi connectivity index (χ0) is 39.4. The summed E-state index contributed by atoms with van der Waals surface area (Å²) in [4.78, 5) is 27.6. The minimum atomic E-state index is -1.11. The molecular weight excluding hydrogens is 704 g/mol. The van der Waals surface area contributed by atoms with Crippen LogP contribution in [0.2, 0.25) is 0 Å². The van der Waals surface area contributed by atoms with E-state index in [1.807, 2.05) is 6.92 Å². The summed E-state index contributed by atoms with van der Waals surface area (Å²) < 4.78 is 20.6. The summed E-state index contributed by atoms with van der Waals surface area (Å²) in [6, 6.07) is 0. The van der Waals surface area contributed by atoms with E-state index in [1.165, 1.54) is 0 Å². The highest BCUT2D eigenvalue weighted by molar-refractivity contribution is 5.87. The molecule has 2 saturated carbocycles. The van der Waals surface area contributed by atoms with Crippen LogP contribution in [0.3, 0.4) is 0 Å². The average molecular weight is 778 g/mol. The predicted octanol–water partition coefficient (Wildman–Crippen LogP) is 1.10. The third-order valence-corrected chi connectivity index (χ3v) is 14.9. The fourth-order valence-electron chi connectivity index (χ4n) is 11.8. The van der Waals surface area contributed by atoms with Crippen molar-refractivity contribution in [2.45, 2.75) is 159 Å². The summed E-state index contributed by atoms with van der Waals surface area (Å²) >= 11 is 0. The molecule has 17 atom stereocenters. The Morgan fingerprint density at radius 1 is 1.13 bits per heavy atom. The van der Waals surface area contributed by atoms with Crippen molar-refractivity contribution in [2.75, 3.05) is 32.8 Å². The quantitative estimate of drug-likeness (QED) is 0.0978. The number of allylic oxidation sites excluding steroid dienone is 1. The summed E-state index contributed by atoms with van der Waals surface area (Å²) in [5, 5.41) is 54.3. The van der Waals surface area contributed by atoms with Crippen molar-refractivity contribution in [1.29, 1.82) is 0 Å². The molecule has 4 saturated heterocycles. The zero-order valence-corrected chi connectivity index (χ0v) is 33.8. The van der Waals surface area contributed by atoms with Gasteiger partial charge in [0.05, 0.1) is 55.8 Å². The van der Waals surface area contributed by atoms with Gasteiger partial charge in [0.2, 0.25) is 0 Å². The third kappa shape index (κ3) is 9.53. The second kappa shape index (κ2) is 19.0. The lowest BCUT2D eigenvalue weighted by atomic mass is 9.53. The van der Waals surface area contributed by atoms with E-state index < -0.39 is 65.9 Å². The molecule has 13 heteroatoms. The molecule has 6 fully saturated rings. The van der Waals surface area contributed by atoms with E-state index >= 15 is 0 Å². The predicted molar refractivity (Wildman–Crippen MR) is 206 cm³/mol. The van der Waals surface area contributed by atoms with E-state index in [9.17, 15) is 30.0 Å². The first kappa shape index (κ1) is 43.1. The van der Waals surface area contributed by atoms with E-state index in [0.717, 1.165) is 58.0 Å². The maximum Gasteiger partial charge on any atom is 0.333 e. The second-order valence-corrected chi connectivity index (χ2v) is 18.3. The van der Waals surface area contributed by atoms with Gasteiger partial charge in [-0.1, -0.05) is 19.4 Å². The molecule has 314 valence electrons. The van der Waals surface area contributed by atoms with Gasteiger partial charge in [-0.05, 0) is 115 Å². The fourth-order valence-corrected chi connectivity index (χ4v) is 11.8. The number of piperidine rings is 2. The van der Waals surface area contributed by atoms with Gasteiger partial charge in [-0.2, -0.15) is 0 Å². The lowest BCUT2D eigenvalue weighted by molar-refractivity contribution is -0.708. The highest BCUT2D eigenvalue weighted by atomic mass is 16.6. The monoisotopic (exact) mass is 778 g/mol. The normalized spacial score (nSPS) is 43.9. The first-order valence-electron chi connectivity index (χ1n) is 21.7. The van der Waals surface area contributed by atoms with Gasteiger partial charge in [-0.15, -0.1) is 0 Å². The fraction of sp³-hybridized carbons (Fsp3) is 0.905. The minimum Gasteiger partial charge on any atom is -0.456 e. The molecule has 13 nitrogen and oxygen atoms in total. The van der Waals surface area contributed by atoms with Crippen LogP contribution in [-0.4, -0.2) is 120 Å². The number of aliphatic hydroxyl groups excluding tert-OH is 4. The average Bonchev–Trinajstić information content (AvgIpc) is 3.17. The van der Waals surface area contributed by atoms with Crippen LogP contribution in [0.5, 0.6) is 0 Å². The molecule has 55 heavy (non-hydrogen) atoms. The second-order valence-electron chi connectivity index (χ2n) is 18.3. The van der Waals surface area contributed by atoms with Crippen molar-refractivity contribution in [3.8, 4) is 0 Å². The van der Waals surface area contributed by atoms with Crippen LogP contribution in [0.25, 0.3) is 0 Å². The van der Waals surface area contributed by atoms with Crippen molar-refractivity contribution in [2.24, 2.45) is 53.1 Å². The van der Waals surface area contributed by atoms with Gasteiger partial charge < -0.3 is 51.0 Å². The van der Waals surface area contributed by atoms with Crippen molar-refractivity contribution >= 4 is 11.8 Å². The number of hydrogen-bond acceptors (Lipinski definition) is 12. The number of rotatable bonds is 13. The van der Waals surface area contributed by atoms with Crippen LogP contribution in [0.15, 0.2) is 11.6 Å². The largest absolute Gasteiger partial charge is 0.456 e. The Hall–Kier alpha value is -1.52. The number of nitrogens with two attached hydrogens (primary N) is 2. The number of nitrogens with one attached hydrogen (secondary N) is 2. The highest BCUT2D eigenvalue weighted by Gasteiger charge is 2.64. The first-order valence-corrected chi connectivity index (χ1v) is 21.7.